The lowest BCUT2D eigenvalue weighted by Gasteiger charge is -2.42. The molecule has 0 saturated heterocycles. The van der Waals surface area contributed by atoms with Crippen LogP contribution in [0, 0.1) is 5.41 Å². The predicted octanol–water partition coefficient (Wildman–Crippen LogP) is 3.40. The van der Waals surface area contributed by atoms with Crippen molar-refractivity contribution in [2.75, 3.05) is 47.6 Å². The first-order chi connectivity index (χ1) is 13.7. The summed E-state index contributed by atoms with van der Waals surface area (Å²) in [5.41, 5.74) is 1.63. The molecule has 1 aliphatic carbocycles. The number of nitrogens with zero attached hydrogens (tertiary/aromatic N) is 1. The molecule has 0 spiro atoms. The Morgan fingerprint density at radius 2 is 2.00 bits per heavy atom. The highest BCUT2D eigenvalue weighted by atomic mass is 16.5. The fourth-order valence-corrected chi connectivity index (χ4v) is 3.65. The van der Waals surface area contributed by atoms with Gasteiger partial charge >= 0.3 is 0 Å². The zero-order valence-electron chi connectivity index (χ0n) is 18.0. The van der Waals surface area contributed by atoms with E-state index in [4.69, 9.17) is 14.2 Å². The number of hydrogen-bond donors (Lipinski definition) is 2. The van der Waals surface area contributed by atoms with E-state index in [0.717, 1.165) is 56.4 Å². The first-order valence-electron chi connectivity index (χ1n) is 10.4. The Labute approximate surface area is 170 Å². The summed E-state index contributed by atoms with van der Waals surface area (Å²) in [7, 11) is 5.28. The second-order valence-corrected chi connectivity index (χ2v) is 7.47. The van der Waals surface area contributed by atoms with Crippen molar-refractivity contribution in [3.8, 4) is 11.5 Å². The third-order valence-electron chi connectivity index (χ3n) is 5.57. The van der Waals surface area contributed by atoms with E-state index >= 15 is 0 Å². The summed E-state index contributed by atoms with van der Waals surface area (Å²) >= 11 is 0. The van der Waals surface area contributed by atoms with Gasteiger partial charge in [0, 0.05) is 33.9 Å². The van der Waals surface area contributed by atoms with E-state index in [-0.39, 0.29) is 0 Å². The number of methoxy groups -OCH3 is 2. The minimum absolute atomic E-state index is 0.381. The molecule has 2 N–H and O–H groups in total. The third kappa shape index (κ3) is 6.59. The van der Waals surface area contributed by atoms with Crippen LogP contribution in [0.1, 0.15) is 44.6 Å². The number of guanidine groups is 1. The molecule has 6 nitrogen and oxygen atoms in total. The number of nitrogens with one attached hydrogen (secondary N) is 2. The van der Waals surface area contributed by atoms with Crippen LogP contribution in [0.25, 0.3) is 0 Å². The Kier molecular flexibility index (Phi) is 9.41. The van der Waals surface area contributed by atoms with Crippen LogP contribution in [0.3, 0.4) is 0 Å². The van der Waals surface area contributed by atoms with Crippen molar-refractivity contribution in [2.45, 2.75) is 45.4 Å². The lowest BCUT2D eigenvalue weighted by atomic mass is 9.67. The second-order valence-electron chi connectivity index (χ2n) is 7.47. The summed E-state index contributed by atoms with van der Waals surface area (Å²) in [6, 6.07) is 6.16. The standard InChI is InChI=1S/C22H37N3O3/c1-5-28-20-16-18(9-10-19(20)27-4)8-6-14-24-21(23-2)25-17-22(11-7-12-22)13-15-26-3/h9-10,16H,5-8,11-15,17H2,1-4H3,(H2,23,24,25). The van der Waals surface area contributed by atoms with Gasteiger partial charge in [0.05, 0.1) is 13.7 Å². The third-order valence-corrected chi connectivity index (χ3v) is 5.57. The minimum Gasteiger partial charge on any atom is -0.493 e. The molecule has 1 aliphatic rings. The van der Waals surface area contributed by atoms with Crippen LogP contribution in [0.5, 0.6) is 11.5 Å². The van der Waals surface area contributed by atoms with Crippen LogP contribution in [-0.4, -0.2) is 53.5 Å². The maximum Gasteiger partial charge on any atom is 0.190 e. The van der Waals surface area contributed by atoms with E-state index in [0.29, 0.717) is 12.0 Å². The Balaban J connectivity index is 1.73. The Hall–Kier alpha value is -1.95. The van der Waals surface area contributed by atoms with Crippen LogP contribution in [0.2, 0.25) is 0 Å². The molecule has 0 aromatic heterocycles. The van der Waals surface area contributed by atoms with E-state index in [2.05, 4.69) is 27.8 Å². The van der Waals surface area contributed by atoms with E-state index in [1.807, 2.05) is 20.0 Å². The van der Waals surface area contributed by atoms with Gasteiger partial charge in [-0.15, -0.1) is 0 Å². The molecule has 6 heteroatoms. The highest BCUT2D eigenvalue weighted by Gasteiger charge is 2.36. The molecule has 0 atom stereocenters. The molecule has 0 aliphatic heterocycles. The van der Waals surface area contributed by atoms with Gasteiger partial charge in [-0.2, -0.15) is 0 Å². The average Bonchev–Trinajstić information content (AvgIpc) is 2.68. The van der Waals surface area contributed by atoms with Crippen molar-refractivity contribution in [3.63, 3.8) is 0 Å². The molecule has 0 bridgehead atoms. The van der Waals surface area contributed by atoms with Crippen molar-refractivity contribution >= 4 is 5.96 Å². The summed E-state index contributed by atoms with van der Waals surface area (Å²) in [4.78, 5) is 4.36. The monoisotopic (exact) mass is 391 g/mol. The number of aliphatic imine (C=N–C) groups is 1. The van der Waals surface area contributed by atoms with Crippen molar-refractivity contribution < 1.29 is 14.2 Å². The second kappa shape index (κ2) is 11.8. The maximum atomic E-state index is 5.66. The summed E-state index contributed by atoms with van der Waals surface area (Å²) in [5.74, 6) is 2.48. The van der Waals surface area contributed by atoms with Gasteiger partial charge in [0.25, 0.3) is 0 Å². The van der Waals surface area contributed by atoms with Gasteiger partial charge in [-0.3, -0.25) is 4.99 Å². The van der Waals surface area contributed by atoms with Crippen molar-refractivity contribution in [2.24, 2.45) is 10.4 Å². The molecule has 0 amide bonds. The van der Waals surface area contributed by atoms with Crippen LogP contribution in [-0.2, 0) is 11.2 Å². The Bertz CT molecular complexity index is 615. The number of rotatable bonds is 12. The quantitative estimate of drug-likeness (QED) is 0.325. The Morgan fingerprint density at radius 3 is 2.61 bits per heavy atom. The molecule has 1 aromatic rings. The minimum atomic E-state index is 0.381. The zero-order chi connectivity index (χ0) is 20.2. The first-order valence-corrected chi connectivity index (χ1v) is 10.4. The molecular weight excluding hydrogens is 354 g/mol. The Morgan fingerprint density at radius 1 is 1.18 bits per heavy atom. The number of hydrogen-bond acceptors (Lipinski definition) is 4. The van der Waals surface area contributed by atoms with Crippen LogP contribution in [0.4, 0.5) is 0 Å². The molecule has 28 heavy (non-hydrogen) atoms. The van der Waals surface area contributed by atoms with Gasteiger partial charge in [-0.25, -0.2) is 0 Å². The normalized spacial score (nSPS) is 15.6. The predicted molar refractivity (Wildman–Crippen MR) is 115 cm³/mol. The van der Waals surface area contributed by atoms with E-state index in [9.17, 15) is 0 Å². The zero-order valence-corrected chi connectivity index (χ0v) is 18.0. The van der Waals surface area contributed by atoms with Crippen molar-refractivity contribution in [1.82, 2.24) is 10.6 Å². The van der Waals surface area contributed by atoms with Gasteiger partial charge in [0.2, 0.25) is 0 Å². The first kappa shape index (κ1) is 22.3. The molecule has 2 rings (SSSR count). The van der Waals surface area contributed by atoms with Gasteiger partial charge in [0.1, 0.15) is 0 Å². The smallest absolute Gasteiger partial charge is 0.190 e. The number of benzene rings is 1. The van der Waals surface area contributed by atoms with Crippen LogP contribution >= 0.6 is 0 Å². The van der Waals surface area contributed by atoms with Crippen molar-refractivity contribution in [3.05, 3.63) is 23.8 Å². The fraction of sp³-hybridized carbons (Fsp3) is 0.682. The molecule has 1 fully saturated rings. The maximum absolute atomic E-state index is 5.66. The van der Waals surface area contributed by atoms with Crippen LogP contribution < -0.4 is 20.1 Å². The topological polar surface area (TPSA) is 64.1 Å². The van der Waals surface area contributed by atoms with E-state index < -0.39 is 0 Å². The van der Waals surface area contributed by atoms with Gasteiger partial charge in [0.15, 0.2) is 17.5 Å². The molecule has 1 aromatic carbocycles. The lowest BCUT2D eigenvalue weighted by molar-refractivity contribution is 0.0732. The summed E-state index contributed by atoms with van der Waals surface area (Å²) in [5, 5.41) is 6.94. The fourth-order valence-electron chi connectivity index (χ4n) is 3.65. The van der Waals surface area contributed by atoms with Crippen LogP contribution in [0.15, 0.2) is 23.2 Å². The van der Waals surface area contributed by atoms with E-state index in [1.165, 1.54) is 24.8 Å². The number of ether oxygens (including phenoxy) is 3. The highest BCUT2D eigenvalue weighted by molar-refractivity contribution is 5.79. The van der Waals surface area contributed by atoms with Crippen molar-refractivity contribution in [1.29, 1.82) is 0 Å². The summed E-state index contributed by atoms with van der Waals surface area (Å²) in [6.07, 6.45) is 7.00. The summed E-state index contributed by atoms with van der Waals surface area (Å²) in [6.45, 7) is 5.29. The highest BCUT2D eigenvalue weighted by Crippen LogP contribution is 2.43. The van der Waals surface area contributed by atoms with E-state index in [1.54, 1.807) is 14.2 Å². The molecular formula is C22H37N3O3. The number of aryl methyl sites for hydroxylation is 1. The molecule has 1 saturated carbocycles. The molecule has 158 valence electrons. The molecule has 0 unspecified atom stereocenters. The molecule has 0 heterocycles. The van der Waals surface area contributed by atoms with Gasteiger partial charge < -0.3 is 24.8 Å². The average molecular weight is 392 g/mol. The summed E-state index contributed by atoms with van der Waals surface area (Å²) < 4.78 is 16.3. The molecule has 0 radical (unpaired) electrons. The van der Waals surface area contributed by atoms with Gasteiger partial charge in [-0.05, 0) is 62.1 Å². The largest absolute Gasteiger partial charge is 0.493 e. The van der Waals surface area contributed by atoms with Gasteiger partial charge in [-0.1, -0.05) is 12.5 Å². The lowest BCUT2D eigenvalue weighted by Crippen LogP contribution is -2.47. The SMILES string of the molecule is CCOc1cc(CCCNC(=NC)NCC2(CCOC)CCC2)ccc1OC.